The van der Waals surface area contributed by atoms with E-state index in [0.717, 1.165) is 25.9 Å². The highest BCUT2D eigenvalue weighted by Crippen LogP contribution is 2.12. The molecule has 3 aromatic rings. The highest BCUT2D eigenvalue weighted by atomic mass is 16.2. The molecule has 0 atom stereocenters. The van der Waals surface area contributed by atoms with Crippen molar-refractivity contribution in [1.82, 2.24) is 19.7 Å². The molecule has 0 saturated heterocycles. The van der Waals surface area contributed by atoms with Crippen LogP contribution >= 0.6 is 0 Å². The van der Waals surface area contributed by atoms with Gasteiger partial charge in [0.25, 0.3) is 11.5 Å². The zero-order valence-corrected chi connectivity index (χ0v) is 17.0. The Morgan fingerprint density at radius 1 is 1.03 bits per heavy atom. The van der Waals surface area contributed by atoms with Crippen LogP contribution in [0.25, 0.3) is 5.69 Å². The smallest absolute Gasteiger partial charge is 0.348 e. The van der Waals surface area contributed by atoms with Crippen molar-refractivity contribution in [1.29, 1.82) is 0 Å². The van der Waals surface area contributed by atoms with E-state index in [-0.39, 0.29) is 18.3 Å². The second-order valence-corrected chi connectivity index (χ2v) is 7.32. The lowest BCUT2D eigenvalue weighted by Gasteiger charge is -2.14. The van der Waals surface area contributed by atoms with Crippen LogP contribution in [-0.4, -0.2) is 26.3 Å². The van der Waals surface area contributed by atoms with Crippen LogP contribution in [0.5, 0.6) is 0 Å². The van der Waals surface area contributed by atoms with E-state index in [2.05, 4.69) is 10.4 Å². The lowest BCUT2D eigenvalue weighted by atomic mass is 10.1. The molecular weight excluding hydrogens is 368 g/mol. The quantitative estimate of drug-likeness (QED) is 0.721. The SMILES string of the molecule is Cc1ccc(-n2nc(C(=O)NC(C)C)c(=O)n(Cc3ccccc3)c2=O)cc1C. The average Bonchev–Trinajstić information content (AvgIpc) is 2.68. The molecule has 0 bridgehead atoms. The van der Waals surface area contributed by atoms with Crippen LogP contribution < -0.4 is 16.6 Å². The van der Waals surface area contributed by atoms with Gasteiger partial charge in [-0.2, -0.15) is 9.78 Å². The summed E-state index contributed by atoms with van der Waals surface area (Å²) in [6.07, 6.45) is 0. The molecule has 0 aliphatic heterocycles. The Morgan fingerprint density at radius 2 is 1.72 bits per heavy atom. The van der Waals surface area contributed by atoms with Gasteiger partial charge in [0.15, 0.2) is 0 Å². The molecule has 1 aromatic heterocycles. The van der Waals surface area contributed by atoms with Crippen LogP contribution in [0.15, 0.2) is 58.1 Å². The van der Waals surface area contributed by atoms with Crippen LogP contribution in [0.4, 0.5) is 0 Å². The van der Waals surface area contributed by atoms with Gasteiger partial charge in [-0.1, -0.05) is 36.4 Å². The Morgan fingerprint density at radius 3 is 2.34 bits per heavy atom. The van der Waals surface area contributed by atoms with E-state index in [4.69, 9.17) is 0 Å². The number of aromatic nitrogens is 3. The molecule has 7 heteroatoms. The van der Waals surface area contributed by atoms with Gasteiger partial charge in [-0.05, 0) is 56.5 Å². The predicted molar refractivity (Wildman–Crippen MR) is 112 cm³/mol. The van der Waals surface area contributed by atoms with E-state index >= 15 is 0 Å². The third kappa shape index (κ3) is 4.34. The van der Waals surface area contributed by atoms with Crippen LogP contribution in [0, 0.1) is 13.8 Å². The minimum absolute atomic E-state index is 0.0494. The second kappa shape index (κ2) is 8.26. The normalized spacial score (nSPS) is 10.9. The fourth-order valence-electron chi connectivity index (χ4n) is 2.92. The summed E-state index contributed by atoms with van der Waals surface area (Å²) in [5.41, 5.74) is 1.70. The zero-order valence-electron chi connectivity index (χ0n) is 17.0. The fraction of sp³-hybridized carbons (Fsp3) is 0.273. The summed E-state index contributed by atoms with van der Waals surface area (Å²) in [6.45, 7) is 7.52. The zero-order chi connectivity index (χ0) is 21.1. The summed E-state index contributed by atoms with van der Waals surface area (Å²) in [6, 6.07) is 14.4. The minimum atomic E-state index is -0.711. The number of hydrogen-bond donors (Lipinski definition) is 1. The number of hydrogen-bond acceptors (Lipinski definition) is 4. The summed E-state index contributed by atoms with van der Waals surface area (Å²) in [5, 5.41) is 6.81. The molecule has 1 heterocycles. The molecule has 1 amide bonds. The monoisotopic (exact) mass is 392 g/mol. The summed E-state index contributed by atoms with van der Waals surface area (Å²) >= 11 is 0. The fourth-order valence-corrected chi connectivity index (χ4v) is 2.92. The maximum absolute atomic E-state index is 13.1. The number of nitrogens with zero attached hydrogens (tertiary/aromatic N) is 3. The molecule has 29 heavy (non-hydrogen) atoms. The van der Waals surface area contributed by atoms with Gasteiger partial charge in [0.05, 0.1) is 12.2 Å². The van der Waals surface area contributed by atoms with E-state index in [1.165, 1.54) is 0 Å². The first-order valence-corrected chi connectivity index (χ1v) is 9.44. The van der Waals surface area contributed by atoms with Crippen molar-refractivity contribution in [3.05, 3.63) is 91.8 Å². The molecular formula is C22H24N4O3. The van der Waals surface area contributed by atoms with E-state index in [9.17, 15) is 14.4 Å². The molecule has 0 unspecified atom stereocenters. The molecule has 0 radical (unpaired) electrons. The molecule has 0 spiro atoms. The Kier molecular flexibility index (Phi) is 5.77. The van der Waals surface area contributed by atoms with Crippen molar-refractivity contribution in [2.24, 2.45) is 0 Å². The number of amides is 1. The van der Waals surface area contributed by atoms with Crippen molar-refractivity contribution in [2.75, 3.05) is 0 Å². The topological polar surface area (TPSA) is 86.0 Å². The molecule has 150 valence electrons. The van der Waals surface area contributed by atoms with Crippen molar-refractivity contribution < 1.29 is 4.79 Å². The number of benzene rings is 2. The summed E-state index contributed by atoms with van der Waals surface area (Å²) in [7, 11) is 0. The van der Waals surface area contributed by atoms with Crippen molar-refractivity contribution >= 4 is 5.91 Å². The van der Waals surface area contributed by atoms with Crippen LogP contribution in [0.3, 0.4) is 0 Å². The maximum Gasteiger partial charge on any atom is 0.352 e. The standard InChI is InChI=1S/C22H24N4O3/c1-14(2)23-20(27)19-21(28)25(13-17-8-6-5-7-9-17)22(29)26(24-19)18-11-10-15(3)16(4)12-18/h5-12,14H,13H2,1-4H3,(H,23,27). The third-order valence-corrected chi connectivity index (χ3v) is 4.61. The Bertz CT molecular complexity index is 1160. The van der Waals surface area contributed by atoms with Gasteiger partial charge < -0.3 is 5.32 Å². The highest BCUT2D eigenvalue weighted by molar-refractivity contribution is 5.91. The molecule has 3 rings (SSSR count). The number of carbonyl (C=O) groups is 1. The first-order valence-electron chi connectivity index (χ1n) is 9.44. The Hall–Kier alpha value is -3.48. The number of aryl methyl sites for hydroxylation is 2. The average molecular weight is 392 g/mol. The van der Waals surface area contributed by atoms with Gasteiger partial charge >= 0.3 is 5.69 Å². The van der Waals surface area contributed by atoms with Gasteiger partial charge in [-0.25, -0.2) is 4.79 Å². The maximum atomic E-state index is 13.1. The van der Waals surface area contributed by atoms with Crippen LogP contribution in [0.2, 0.25) is 0 Å². The molecule has 7 nitrogen and oxygen atoms in total. The van der Waals surface area contributed by atoms with E-state index in [1.54, 1.807) is 19.9 Å². The van der Waals surface area contributed by atoms with Crippen molar-refractivity contribution in [2.45, 2.75) is 40.3 Å². The van der Waals surface area contributed by atoms with Crippen LogP contribution in [-0.2, 0) is 6.54 Å². The number of carbonyl (C=O) groups excluding carboxylic acids is 1. The highest BCUT2D eigenvalue weighted by Gasteiger charge is 2.21. The lowest BCUT2D eigenvalue weighted by molar-refractivity contribution is 0.0933. The Balaban J connectivity index is 2.23. The van der Waals surface area contributed by atoms with Crippen molar-refractivity contribution in [3.8, 4) is 5.69 Å². The summed E-state index contributed by atoms with van der Waals surface area (Å²) in [5.74, 6) is -0.607. The Labute approximate surface area is 168 Å². The minimum Gasteiger partial charge on any atom is -0.348 e. The first-order chi connectivity index (χ1) is 13.8. The largest absolute Gasteiger partial charge is 0.352 e. The van der Waals surface area contributed by atoms with E-state index in [1.807, 2.05) is 56.3 Å². The van der Waals surface area contributed by atoms with E-state index < -0.39 is 17.2 Å². The molecule has 0 fully saturated rings. The van der Waals surface area contributed by atoms with Crippen molar-refractivity contribution in [3.63, 3.8) is 0 Å². The number of nitrogens with one attached hydrogen (secondary N) is 1. The van der Waals surface area contributed by atoms with Gasteiger partial charge in [0, 0.05) is 6.04 Å². The predicted octanol–water partition coefficient (Wildman–Crippen LogP) is 2.20. The first kappa shape index (κ1) is 20.3. The molecule has 2 aromatic carbocycles. The van der Waals surface area contributed by atoms with Gasteiger partial charge in [-0.15, -0.1) is 0 Å². The molecule has 0 aliphatic carbocycles. The third-order valence-electron chi connectivity index (χ3n) is 4.61. The van der Waals surface area contributed by atoms with Gasteiger partial charge in [0.2, 0.25) is 5.69 Å². The second-order valence-electron chi connectivity index (χ2n) is 7.32. The summed E-state index contributed by atoms with van der Waals surface area (Å²) < 4.78 is 2.17. The summed E-state index contributed by atoms with van der Waals surface area (Å²) in [4.78, 5) is 38.7. The van der Waals surface area contributed by atoms with Gasteiger partial charge in [-0.3, -0.25) is 14.2 Å². The van der Waals surface area contributed by atoms with E-state index in [0.29, 0.717) is 5.69 Å². The lowest BCUT2D eigenvalue weighted by Crippen LogP contribution is -2.46. The number of rotatable bonds is 5. The molecule has 0 aliphatic rings. The van der Waals surface area contributed by atoms with Crippen LogP contribution in [0.1, 0.15) is 41.0 Å². The van der Waals surface area contributed by atoms with Gasteiger partial charge in [0.1, 0.15) is 0 Å². The molecule has 1 N–H and O–H groups in total. The molecule has 0 saturated carbocycles.